The average Bonchev–Trinajstić information content (AvgIpc) is 2.55. The summed E-state index contributed by atoms with van der Waals surface area (Å²) in [5.41, 5.74) is 0. The molecule has 1 aliphatic rings. The van der Waals surface area contributed by atoms with Crippen LogP contribution in [0.5, 0.6) is 0 Å². The highest BCUT2D eigenvalue weighted by atomic mass is 32.2. The molecule has 0 aromatic carbocycles. The number of sulfonamides is 1. The molecule has 0 amide bonds. The summed E-state index contributed by atoms with van der Waals surface area (Å²) in [5, 5.41) is 6.78. The molecule has 0 aromatic heterocycles. The second-order valence-electron chi connectivity index (χ2n) is 6.46. The lowest BCUT2D eigenvalue weighted by molar-refractivity contribution is 0.167. The van der Waals surface area contributed by atoms with Gasteiger partial charge in [-0.25, -0.2) is 13.1 Å². The summed E-state index contributed by atoms with van der Waals surface area (Å²) in [7, 11) is -3.10. The molecule has 0 unspecified atom stereocenters. The summed E-state index contributed by atoms with van der Waals surface area (Å²) >= 11 is 0. The topological polar surface area (TPSA) is 85.8 Å². The van der Waals surface area contributed by atoms with Gasteiger partial charge in [0.25, 0.3) is 0 Å². The van der Waals surface area contributed by atoms with Crippen molar-refractivity contribution in [3.8, 4) is 0 Å². The van der Waals surface area contributed by atoms with Gasteiger partial charge in [-0.15, -0.1) is 0 Å². The maximum absolute atomic E-state index is 11.4. The largest absolute Gasteiger partial charge is 0.357 e. The van der Waals surface area contributed by atoms with Gasteiger partial charge in [-0.05, 0) is 47.0 Å². The molecular formula is C16H35N5O2S. The van der Waals surface area contributed by atoms with E-state index in [2.05, 4.69) is 39.1 Å². The molecule has 0 radical (unpaired) electrons. The predicted molar refractivity (Wildman–Crippen MR) is 101 cm³/mol. The van der Waals surface area contributed by atoms with Crippen molar-refractivity contribution in [2.45, 2.75) is 59.0 Å². The van der Waals surface area contributed by atoms with Crippen LogP contribution in [0.15, 0.2) is 4.99 Å². The Balaban J connectivity index is 2.35. The van der Waals surface area contributed by atoms with Gasteiger partial charge in [0.15, 0.2) is 5.96 Å². The molecule has 0 aromatic rings. The molecule has 0 saturated carbocycles. The highest BCUT2D eigenvalue weighted by Gasteiger charge is 2.21. The Morgan fingerprint density at radius 2 is 1.92 bits per heavy atom. The van der Waals surface area contributed by atoms with E-state index in [0.717, 1.165) is 38.4 Å². The monoisotopic (exact) mass is 361 g/mol. The van der Waals surface area contributed by atoms with Crippen LogP contribution in [0, 0.1) is 0 Å². The van der Waals surface area contributed by atoms with Gasteiger partial charge in [0, 0.05) is 44.8 Å². The van der Waals surface area contributed by atoms with E-state index >= 15 is 0 Å². The van der Waals surface area contributed by atoms with Crippen molar-refractivity contribution >= 4 is 16.0 Å². The van der Waals surface area contributed by atoms with Crippen LogP contribution >= 0.6 is 0 Å². The fourth-order valence-electron chi connectivity index (χ4n) is 2.67. The molecule has 0 atom stereocenters. The minimum Gasteiger partial charge on any atom is -0.357 e. The van der Waals surface area contributed by atoms with E-state index in [-0.39, 0.29) is 5.75 Å². The van der Waals surface area contributed by atoms with Crippen molar-refractivity contribution in [2.75, 3.05) is 38.5 Å². The number of guanidine groups is 1. The third-order valence-electron chi connectivity index (χ3n) is 4.25. The SMILES string of the molecule is CCNC(=NCCCNS(=O)(=O)CC)NC1CCN(C(C)C)CC1. The Morgan fingerprint density at radius 1 is 1.25 bits per heavy atom. The summed E-state index contributed by atoms with van der Waals surface area (Å²) < 4.78 is 25.3. The van der Waals surface area contributed by atoms with Crippen LogP contribution < -0.4 is 15.4 Å². The first-order valence-electron chi connectivity index (χ1n) is 9.14. The summed E-state index contributed by atoms with van der Waals surface area (Å²) in [6.07, 6.45) is 2.94. The maximum Gasteiger partial charge on any atom is 0.211 e. The molecule has 1 rings (SSSR count). The first-order valence-corrected chi connectivity index (χ1v) is 10.8. The van der Waals surface area contributed by atoms with E-state index in [1.54, 1.807) is 6.92 Å². The van der Waals surface area contributed by atoms with Gasteiger partial charge in [0.1, 0.15) is 0 Å². The molecular weight excluding hydrogens is 326 g/mol. The highest BCUT2D eigenvalue weighted by Crippen LogP contribution is 2.12. The van der Waals surface area contributed by atoms with Crippen molar-refractivity contribution < 1.29 is 8.42 Å². The minimum absolute atomic E-state index is 0.121. The first kappa shape index (κ1) is 21.2. The van der Waals surface area contributed by atoms with Gasteiger partial charge >= 0.3 is 0 Å². The second kappa shape index (κ2) is 10.9. The van der Waals surface area contributed by atoms with Crippen LogP contribution in [0.4, 0.5) is 0 Å². The van der Waals surface area contributed by atoms with E-state index in [1.807, 2.05) is 6.92 Å². The number of aliphatic imine (C=N–C) groups is 1. The van der Waals surface area contributed by atoms with Crippen LogP contribution in [0.25, 0.3) is 0 Å². The van der Waals surface area contributed by atoms with E-state index in [4.69, 9.17) is 0 Å². The van der Waals surface area contributed by atoms with E-state index < -0.39 is 10.0 Å². The van der Waals surface area contributed by atoms with Crippen LogP contribution in [0.2, 0.25) is 0 Å². The van der Waals surface area contributed by atoms with Crippen molar-refractivity contribution in [1.82, 2.24) is 20.3 Å². The Hall–Kier alpha value is -0.860. The molecule has 1 heterocycles. The smallest absolute Gasteiger partial charge is 0.211 e. The molecule has 24 heavy (non-hydrogen) atoms. The molecule has 1 fully saturated rings. The number of rotatable bonds is 9. The van der Waals surface area contributed by atoms with Crippen LogP contribution in [0.1, 0.15) is 47.0 Å². The molecule has 1 aliphatic heterocycles. The standard InChI is InChI=1S/C16H35N5O2S/c1-5-17-16(18-10-7-11-19-24(22,23)6-2)20-15-8-12-21(13-9-15)14(3)4/h14-15,19H,5-13H2,1-4H3,(H2,17,18,20). The zero-order valence-corrected chi connectivity index (χ0v) is 16.5. The van der Waals surface area contributed by atoms with Crippen molar-refractivity contribution in [3.63, 3.8) is 0 Å². The molecule has 8 heteroatoms. The van der Waals surface area contributed by atoms with Crippen LogP contribution in [-0.2, 0) is 10.0 Å². The van der Waals surface area contributed by atoms with Gasteiger partial charge < -0.3 is 15.5 Å². The number of nitrogens with zero attached hydrogens (tertiary/aromatic N) is 2. The molecule has 0 bridgehead atoms. The van der Waals surface area contributed by atoms with Gasteiger partial charge in [-0.2, -0.15) is 0 Å². The number of hydrogen-bond acceptors (Lipinski definition) is 4. The molecule has 142 valence electrons. The molecule has 7 nitrogen and oxygen atoms in total. The molecule has 3 N–H and O–H groups in total. The number of piperidine rings is 1. The van der Waals surface area contributed by atoms with Crippen LogP contribution in [-0.4, -0.2) is 69.8 Å². The molecule has 0 spiro atoms. The Morgan fingerprint density at radius 3 is 2.46 bits per heavy atom. The van der Waals surface area contributed by atoms with Gasteiger partial charge in [0.2, 0.25) is 10.0 Å². The zero-order valence-electron chi connectivity index (χ0n) is 15.6. The van der Waals surface area contributed by atoms with Crippen molar-refractivity contribution in [1.29, 1.82) is 0 Å². The van der Waals surface area contributed by atoms with E-state index in [9.17, 15) is 8.42 Å². The van der Waals surface area contributed by atoms with Crippen LogP contribution in [0.3, 0.4) is 0 Å². The molecule has 0 aliphatic carbocycles. The zero-order chi connectivity index (χ0) is 18.0. The lowest BCUT2D eigenvalue weighted by Gasteiger charge is -2.35. The maximum atomic E-state index is 11.4. The fourth-order valence-corrected chi connectivity index (χ4v) is 3.33. The van der Waals surface area contributed by atoms with Gasteiger partial charge in [-0.3, -0.25) is 4.99 Å². The third kappa shape index (κ3) is 8.30. The average molecular weight is 362 g/mol. The van der Waals surface area contributed by atoms with E-state index in [1.165, 1.54) is 0 Å². The fraction of sp³-hybridized carbons (Fsp3) is 0.938. The van der Waals surface area contributed by atoms with Gasteiger partial charge in [0.05, 0.1) is 5.75 Å². The van der Waals surface area contributed by atoms with Crippen molar-refractivity contribution in [3.05, 3.63) is 0 Å². The summed E-state index contributed by atoms with van der Waals surface area (Å²) in [4.78, 5) is 7.06. The number of nitrogens with one attached hydrogen (secondary N) is 3. The lowest BCUT2D eigenvalue weighted by Crippen LogP contribution is -2.49. The second-order valence-corrected chi connectivity index (χ2v) is 8.56. The number of hydrogen-bond donors (Lipinski definition) is 3. The quantitative estimate of drug-likeness (QED) is 0.320. The first-order chi connectivity index (χ1) is 11.4. The third-order valence-corrected chi connectivity index (χ3v) is 5.66. The lowest BCUT2D eigenvalue weighted by atomic mass is 10.0. The summed E-state index contributed by atoms with van der Waals surface area (Å²) in [6.45, 7) is 12.3. The van der Waals surface area contributed by atoms with E-state index in [0.29, 0.717) is 31.6 Å². The summed E-state index contributed by atoms with van der Waals surface area (Å²) in [6, 6.07) is 1.07. The van der Waals surface area contributed by atoms with Gasteiger partial charge in [-0.1, -0.05) is 0 Å². The Kier molecular flexibility index (Phi) is 9.61. The predicted octanol–water partition coefficient (Wildman–Crippen LogP) is 0.744. The normalized spacial score (nSPS) is 18.1. The van der Waals surface area contributed by atoms with Crippen molar-refractivity contribution in [2.24, 2.45) is 4.99 Å². The Labute approximate surface area is 147 Å². The minimum atomic E-state index is -3.10. The highest BCUT2D eigenvalue weighted by molar-refractivity contribution is 7.89. The Bertz CT molecular complexity index is 471. The molecule has 1 saturated heterocycles. The summed E-state index contributed by atoms with van der Waals surface area (Å²) in [5.74, 6) is 0.953. The number of likely N-dealkylation sites (tertiary alicyclic amines) is 1.